The van der Waals surface area contributed by atoms with Crippen molar-refractivity contribution in [2.75, 3.05) is 11.9 Å². The molecule has 0 heterocycles. The van der Waals surface area contributed by atoms with E-state index in [-0.39, 0.29) is 18.3 Å². The fourth-order valence-corrected chi connectivity index (χ4v) is 3.57. The van der Waals surface area contributed by atoms with Crippen LogP contribution in [0.2, 0.25) is 0 Å². The van der Waals surface area contributed by atoms with Gasteiger partial charge in [-0.1, -0.05) is 43.5 Å². The van der Waals surface area contributed by atoms with Gasteiger partial charge in [-0.25, -0.2) is 4.79 Å². The SMILES string of the molecule is CC(=O)Nc1ccc(C(=O)OCC(=O)c2ccc(C3CCCCC3)cc2)cc1. The number of nitrogens with one attached hydrogen (secondary N) is 1. The van der Waals surface area contributed by atoms with Crippen LogP contribution >= 0.6 is 0 Å². The van der Waals surface area contributed by atoms with Crippen LogP contribution in [0.4, 0.5) is 5.69 Å². The Morgan fingerprint density at radius 1 is 0.893 bits per heavy atom. The van der Waals surface area contributed by atoms with Gasteiger partial charge in [-0.2, -0.15) is 0 Å². The zero-order valence-corrected chi connectivity index (χ0v) is 16.1. The van der Waals surface area contributed by atoms with Crippen molar-refractivity contribution in [3.63, 3.8) is 0 Å². The number of hydrogen-bond acceptors (Lipinski definition) is 4. The number of amides is 1. The van der Waals surface area contributed by atoms with E-state index in [4.69, 9.17) is 4.74 Å². The first kappa shape index (κ1) is 19.8. The van der Waals surface area contributed by atoms with Crippen LogP contribution in [0.5, 0.6) is 0 Å². The summed E-state index contributed by atoms with van der Waals surface area (Å²) in [5.74, 6) is -0.383. The number of anilines is 1. The normalized spacial score (nSPS) is 14.3. The minimum Gasteiger partial charge on any atom is -0.454 e. The molecule has 0 radical (unpaired) electrons. The highest BCUT2D eigenvalue weighted by Crippen LogP contribution is 2.32. The Hall–Kier alpha value is -2.95. The summed E-state index contributed by atoms with van der Waals surface area (Å²) >= 11 is 0. The topological polar surface area (TPSA) is 72.5 Å². The lowest BCUT2D eigenvalue weighted by molar-refractivity contribution is -0.114. The van der Waals surface area contributed by atoms with Crippen LogP contribution in [0.1, 0.15) is 71.2 Å². The lowest BCUT2D eigenvalue weighted by atomic mass is 9.84. The number of ether oxygens (including phenoxy) is 1. The van der Waals surface area contributed by atoms with Gasteiger partial charge in [0.1, 0.15) is 0 Å². The number of carbonyl (C=O) groups is 3. The Balaban J connectivity index is 1.53. The van der Waals surface area contributed by atoms with Crippen molar-refractivity contribution < 1.29 is 19.1 Å². The number of rotatable bonds is 6. The number of esters is 1. The van der Waals surface area contributed by atoms with Crippen molar-refractivity contribution in [3.05, 3.63) is 65.2 Å². The lowest BCUT2D eigenvalue weighted by Crippen LogP contribution is -2.14. The second-order valence-electron chi connectivity index (χ2n) is 7.21. The molecule has 2 aromatic rings. The molecule has 1 aliphatic rings. The number of hydrogen-bond donors (Lipinski definition) is 1. The van der Waals surface area contributed by atoms with Crippen molar-refractivity contribution in [1.29, 1.82) is 0 Å². The fourth-order valence-electron chi connectivity index (χ4n) is 3.57. The first-order chi connectivity index (χ1) is 13.5. The predicted molar refractivity (Wildman–Crippen MR) is 108 cm³/mol. The van der Waals surface area contributed by atoms with Crippen LogP contribution in [-0.4, -0.2) is 24.3 Å². The number of benzene rings is 2. The molecule has 2 aromatic carbocycles. The van der Waals surface area contributed by atoms with Crippen molar-refractivity contribution in [2.45, 2.75) is 44.9 Å². The average molecular weight is 379 g/mol. The van der Waals surface area contributed by atoms with E-state index >= 15 is 0 Å². The number of ketones is 1. The zero-order valence-electron chi connectivity index (χ0n) is 16.1. The van der Waals surface area contributed by atoms with E-state index in [0.717, 1.165) is 0 Å². The molecule has 1 saturated carbocycles. The van der Waals surface area contributed by atoms with Crippen LogP contribution in [0.25, 0.3) is 0 Å². The maximum absolute atomic E-state index is 12.3. The summed E-state index contributed by atoms with van der Waals surface area (Å²) in [7, 11) is 0. The molecule has 5 nitrogen and oxygen atoms in total. The third-order valence-electron chi connectivity index (χ3n) is 5.08. The summed E-state index contributed by atoms with van der Waals surface area (Å²) in [6.45, 7) is 1.12. The smallest absolute Gasteiger partial charge is 0.338 e. The van der Waals surface area contributed by atoms with E-state index in [1.165, 1.54) is 44.6 Å². The van der Waals surface area contributed by atoms with Gasteiger partial charge >= 0.3 is 5.97 Å². The van der Waals surface area contributed by atoms with Gasteiger partial charge in [-0.15, -0.1) is 0 Å². The largest absolute Gasteiger partial charge is 0.454 e. The maximum atomic E-state index is 12.3. The molecule has 1 N–H and O–H groups in total. The number of Topliss-reactive ketones (excluding diaryl/α,β-unsaturated/α-hetero) is 1. The van der Waals surface area contributed by atoms with Gasteiger partial charge in [0.05, 0.1) is 5.56 Å². The molecule has 0 unspecified atom stereocenters. The van der Waals surface area contributed by atoms with Gasteiger partial charge in [0.2, 0.25) is 5.91 Å². The zero-order chi connectivity index (χ0) is 19.9. The van der Waals surface area contributed by atoms with Crippen molar-refractivity contribution in [1.82, 2.24) is 0 Å². The Morgan fingerprint density at radius 3 is 2.11 bits per heavy atom. The van der Waals surface area contributed by atoms with Crippen LogP contribution < -0.4 is 5.32 Å². The summed E-state index contributed by atoms with van der Waals surface area (Å²) < 4.78 is 5.14. The quantitative estimate of drug-likeness (QED) is 0.582. The van der Waals surface area contributed by atoms with Gasteiger partial charge < -0.3 is 10.1 Å². The van der Waals surface area contributed by atoms with Gasteiger partial charge in [0, 0.05) is 18.2 Å². The molecule has 0 atom stereocenters. The second kappa shape index (κ2) is 9.31. The third kappa shape index (κ3) is 5.28. The minimum absolute atomic E-state index is 0.185. The molecule has 0 spiro atoms. The Morgan fingerprint density at radius 2 is 1.50 bits per heavy atom. The van der Waals surface area contributed by atoms with Crippen LogP contribution in [0.15, 0.2) is 48.5 Å². The molecule has 146 valence electrons. The summed E-state index contributed by atoms with van der Waals surface area (Å²) in [6.07, 6.45) is 6.28. The highest BCUT2D eigenvalue weighted by molar-refractivity contribution is 5.99. The third-order valence-corrected chi connectivity index (χ3v) is 5.08. The van der Waals surface area contributed by atoms with Crippen molar-refractivity contribution in [2.24, 2.45) is 0 Å². The van der Waals surface area contributed by atoms with Crippen LogP contribution in [0.3, 0.4) is 0 Å². The molecule has 1 amide bonds. The van der Waals surface area contributed by atoms with E-state index in [1.807, 2.05) is 24.3 Å². The van der Waals surface area contributed by atoms with E-state index < -0.39 is 5.97 Å². The molecule has 0 bridgehead atoms. The van der Waals surface area contributed by atoms with Crippen LogP contribution in [-0.2, 0) is 9.53 Å². The van der Waals surface area contributed by atoms with Gasteiger partial charge in [0.25, 0.3) is 0 Å². The van der Waals surface area contributed by atoms with Gasteiger partial charge in [-0.3, -0.25) is 9.59 Å². The highest BCUT2D eigenvalue weighted by Gasteiger charge is 2.16. The average Bonchev–Trinajstić information content (AvgIpc) is 2.72. The molecule has 3 rings (SSSR count). The molecule has 1 fully saturated rings. The molecule has 5 heteroatoms. The highest BCUT2D eigenvalue weighted by atomic mass is 16.5. The Kier molecular flexibility index (Phi) is 6.58. The van der Waals surface area contributed by atoms with E-state index in [9.17, 15) is 14.4 Å². The molecular formula is C23H25NO4. The van der Waals surface area contributed by atoms with Gasteiger partial charge in [0.15, 0.2) is 12.4 Å². The summed E-state index contributed by atoms with van der Waals surface area (Å²) in [5.41, 5.74) is 2.76. The van der Waals surface area contributed by atoms with Crippen molar-refractivity contribution in [3.8, 4) is 0 Å². The summed E-state index contributed by atoms with van der Waals surface area (Å²) in [6, 6.07) is 14.0. The molecule has 0 aliphatic heterocycles. The Bertz CT molecular complexity index is 834. The maximum Gasteiger partial charge on any atom is 0.338 e. The molecule has 1 aliphatic carbocycles. The van der Waals surface area contributed by atoms with E-state index in [2.05, 4.69) is 5.32 Å². The summed E-state index contributed by atoms with van der Waals surface area (Å²) in [4.78, 5) is 35.4. The van der Waals surface area contributed by atoms with E-state index in [0.29, 0.717) is 22.7 Å². The predicted octanol–water partition coefficient (Wildman–Crippen LogP) is 4.73. The first-order valence-electron chi connectivity index (χ1n) is 9.71. The number of carbonyl (C=O) groups excluding carboxylic acids is 3. The minimum atomic E-state index is -0.568. The Labute approximate surface area is 165 Å². The standard InChI is InChI=1S/C23H25NO4/c1-16(25)24-21-13-11-20(12-14-21)23(27)28-15-22(26)19-9-7-18(8-10-19)17-5-3-2-4-6-17/h7-14,17H,2-6,15H2,1H3,(H,24,25). The second-order valence-corrected chi connectivity index (χ2v) is 7.21. The molecule has 0 saturated heterocycles. The van der Waals surface area contributed by atoms with Gasteiger partial charge in [-0.05, 0) is 48.6 Å². The van der Waals surface area contributed by atoms with Crippen LogP contribution in [0, 0.1) is 0 Å². The van der Waals surface area contributed by atoms with E-state index in [1.54, 1.807) is 24.3 Å². The monoisotopic (exact) mass is 379 g/mol. The first-order valence-corrected chi connectivity index (χ1v) is 9.71. The lowest BCUT2D eigenvalue weighted by Gasteiger charge is -2.22. The van der Waals surface area contributed by atoms with Crippen molar-refractivity contribution >= 4 is 23.3 Å². The summed E-state index contributed by atoms with van der Waals surface area (Å²) in [5, 5.41) is 2.63. The fraction of sp³-hybridized carbons (Fsp3) is 0.348. The molecule has 28 heavy (non-hydrogen) atoms. The molecular weight excluding hydrogens is 354 g/mol. The molecule has 0 aromatic heterocycles.